The SMILES string of the molecule is c1ccc(-c2ccc(N(c3ccc4c(c3)C(c3ccccc3)(c3ccccc3)c3ccccc3-4)c3cc4c5ccc(-c6ccccc6)cc5oc4c4ccccc34)cc2)cc1. The summed E-state index contributed by atoms with van der Waals surface area (Å²) >= 11 is 0. The van der Waals surface area contributed by atoms with Crippen LogP contribution in [0.1, 0.15) is 22.3 Å². The largest absolute Gasteiger partial charge is 0.455 e. The molecule has 61 heavy (non-hydrogen) atoms. The Bertz CT molecular complexity index is 3350. The molecule has 1 aliphatic carbocycles. The highest BCUT2D eigenvalue weighted by molar-refractivity contribution is 6.20. The van der Waals surface area contributed by atoms with Crippen molar-refractivity contribution in [1.82, 2.24) is 0 Å². The number of nitrogens with zero attached hydrogens (tertiary/aromatic N) is 1. The van der Waals surface area contributed by atoms with Crippen LogP contribution in [0, 0.1) is 0 Å². The Hall–Kier alpha value is -7.94. The average Bonchev–Trinajstić information content (AvgIpc) is 3.86. The third kappa shape index (κ3) is 5.50. The van der Waals surface area contributed by atoms with E-state index in [4.69, 9.17) is 4.42 Å². The summed E-state index contributed by atoms with van der Waals surface area (Å²) in [5.41, 5.74) is 16.7. The van der Waals surface area contributed by atoms with Crippen LogP contribution in [0.4, 0.5) is 17.1 Å². The zero-order chi connectivity index (χ0) is 40.3. The van der Waals surface area contributed by atoms with Crippen molar-refractivity contribution in [3.05, 3.63) is 259 Å². The number of fused-ring (bicyclic) bond motifs is 8. The van der Waals surface area contributed by atoms with Crippen molar-refractivity contribution in [3.8, 4) is 33.4 Å². The van der Waals surface area contributed by atoms with Gasteiger partial charge in [-0.2, -0.15) is 0 Å². The second kappa shape index (κ2) is 14.1. The van der Waals surface area contributed by atoms with E-state index in [-0.39, 0.29) is 0 Å². The van der Waals surface area contributed by atoms with Gasteiger partial charge in [0.1, 0.15) is 11.2 Å². The van der Waals surface area contributed by atoms with Gasteiger partial charge in [-0.15, -0.1) is 0 Å². The molecule has 1 heterocycles. The third-order valence-electron chi connectivity index (χ3n) is 12.7. The van der Waals surface area contributed by atoms with E-state index < -0.39 is 5.41 Å². The standard InChI is InChI=1S/C59H39NO/c1-5-17-40(18-6-1)42-29-32-46(33-30-42)60(56-39-53-51-35-31-43(41-19-7-2-8-20-41)37-57(51)61-58(53)52-27-14-13-26-50(52)56)47-34-36-49-48-25-15-16-28-54(48)59(55(49)38-47,44-21-9-3-10-22-44)45-23-11-4-12-24-45/h1-39H. The fourth-order valence-electron chi connectivity index (χ4n) is 10.0. The Labute approximate surface area is 355 Å². The Morgan fingerprint density at radius 1 is 0.328 bits per heavy atom. The molecule has 10 aromatic carbocycles. The number of rotatable bonds is 7. The number of furan rings is 1. The summed E-state index contributed by atoms with van der Waals surface area (Å²) < 4.78 is 6.84. The molecule has 1 aliphatic rings. The molecule has 0 N–H and O–H groups in total. The van der Waals surface area contributed by atoms with Crippen LogP contribution in [0.25, 0.3) is 66.1 Å². The predicted octanol–water partition coefficient (Wildman–Crippen LogP) is 15.9. The minimum atomic E-state index is -0.531. The lowest BCUT2D eigenvalue weighted by Crippen LogP contribution is -2.28. The minimum absolute atomic E-state index is 0.531. The molecule has 0 saturated heterocycles. The molecular formula is C59H39NO. The molecule has 12 rings (SSSR count). The van der Waals surface area contributed by atoms with E-state index in [0.29, 0.717) is 0 Å². The summed E-state index contributed by atoms with van der Waals surface area (Å²) in [6.45, 7) is 0. The van der Waals surface area contributed by atoms with Crippen molar-refractivity contribution in [2.45, 2.75) is 5.41 Å². The maximum Gasteiger partial charge on any atom is 0.143 e. The maximum atomic E-state index is 6.84. The summed E-state index contributed by atoms with van der Waals surface area (Å²) in [6, 6.07) is 86.0. The van der Waals surface area contributed by atoms with E-state index in [1.807, 2.05) is 0 Å². The normalized spacial score (nSPS) is 12.7. The Morgan fingerprint density at radius 2 is 0.852 bits per heavy atom. The number of anilines is 3. The quantitative estimate of drug-likeness (QED) is 0.160. The molecule has 0 aliphatic heterocycles. The Kier molecular flexibility index (Phi) is 8.11. The highest BCUT2D eigenvalue weighted by Gasteiger charge is 2.46. The van der Waals surface area contributed by atoms with Gasteiger partial charge in [0.25, 0.3) is 0 Å². The molecular weight excluding hydrogens is 739 g/mol. The molecule has 0 bridgehead atoms. The lowest BCUT2D eigenvalue weighted by molar-refractivity contribution is 0.673. The van der Waals surface area contributed by atoms with Crippen LogP contribution >= 0.6 is 0 Å². The Balaban J connectivity index is 1.13. The predicted molar refractivity (Wildman–Crippen MR) is 254 cm³/mol. The summed E-state index contributed by atoms with van der Waals surface area (Å²) in [7, 11) is 0. The molecule has 0 fully saturated rings. The van der Waals surface area contributed by atoms with Gasteiger partial charge < -0.3 is 9.32 Å². The second-order valence-corrected chi connectivity index (χ2v) is 16.0. The molecule has 0 atom stereocenters. The minimum Gasteiger partial charge on any atom is -0.455 e. The molecule has 1 aromatic heterocycles. The first-order valence-corrected chi connectivity index (χ1v) is 21.0. The van der Waals surface area contributed by atoms with Crippen LogP contribution in [0.5, 0.6) is 0 Å². The van der Waals surface area contributed by atoms with Crippen LogP contribution in [0.15, 0.2) is 241 Å². The molecule has 0 unspecified atom stereocenters. The molecule has 0 spiro atoms. The van der Waals surface area contributed by atoms with Gasteiger partial charge in [-0.3, -0.25) is 0 Å². The van der Waals surface area contributed by atoms with Gasteiger partial charge in [-0.1, -0.05) is 194 Å². The third-order valence-corrected chi connectivity index (χ3v) is 12.7. The van der Waals surface area contributed by atoms with E-state index in [9.17, 15) is 0 Å². The highest BCUT2D eigenvalue weighted by atomic mass is 16.3. The Morgan fingerprint density at radius 3 is 1.54 bits per heavy atom. The first-order chi connectivity index (χ1) is 30.3. The van der Waals surface area contributed by atoms with Crippen LogP contribution in [0.2, 0.25) is 0 Å². The van der Waals surface area contributed by atoms with Gasteiger partial charge in [-0.05, 0) is 98.1 Å². The first-order valence-electron chi connectivity index (χ1n) is 21.0. The molecule has 0 saturated carbocycles. The van der Waals surface area contributed by atoms with E-state index in [1.165, 1.54) is 50.1 Å². The van der Waals surface area contributed by atoms with Gasteiger partial charge in [0.15, 0.2) is 0 Å². The van der Waals surface area contributed by atoms with E-state index in [0.717, 1.165) is 55.3 Å². The molecule has 286 valence electrons. The van der Waals surface area contributed by atoms with Crippen molar-refractivity contribution in [3.63, 3.8) is 0 Å². The monoisotopic (exact) mass is 777 g/mol. The zero-order valence-electron chi connectivity index (χ0n) is 33.4. The molecule has 11 aromatic rings. The van der Waals surface area contributed by atoms with Crippen molar-refractivity contribution in [2.75, 3.05) is 4.90 Å². The van der Waals surface area contributed by atoms with Crippen molar-refractivity contribution < 1.29 is 4.42 Å². The number of hydrogen-bond acceptors (Lipinski definition) is 2. The van der Waals surface area contributed by atoms with Gasteiger partial charge in [0.2, 0.25) is 0 Å². The van der Waals surface area contributed by atoms with Gasteiger partial charge in [-0.25, -0.2) is 0 Å². The van der Waals surface area contributed by atoms with Crippen molar-refractivity contribution in [1.29, 1.82) is 0 Å². The van der Waals surface area contributed by atoms with Gasteiger partial charge >= 0.3 is 0 Å². The lowest BCUT2D eigenvalue weighted by atomic mass is 9.67. The summed E-state index contributed by atoms with van der Waals surface area (Å²) in [6.07, 6.45) is 0. The molecule has 2 heteroatoms. The zero-order valence-corrected chi connectivity index (χ0v) is 33.4. The maximum absolute atomic E-state index is 6.84. The average molecular weight is 778 g/mol. The van der Waals surface area contributed by atoms with Crippen LogP contribution < -0.4 is 4.90 Å². The lowest BCUT2D eigenvalue weighted by Gasteiger charge is -2.35. The fourth-order valence-corrected chi connectivity index (χ4v) is 10.0. The smallest absolute Gasteiger partial charge is 0.143 e. The summed E-state index contributed by atoms with van der Waals surface area (Å²) in [5.74, 6) is 0. The summed E-state index contributed by atoms with van der Waals surface area (Å²) in [4.78, 5) is 2.46. The topological polar surface area (TPSA) is 16.4 Å². The molecule has 0 amide bonds. The van der Waals surface area contributed by atoms with Crippen LogP contribution in [-0.2, 0) is 5.41 Å². The number of hydrogen-bond donors (Lipinski definition) is 0. The van der Waals surface area contributed by atoms with E-state index >= 15 is 0 Å². The first kappa shape index (κ1) is 35.0. The summed E-state index contributed by atoms with van der Waals surface area (Å²) in [5, 5.41) is 4.38. The van der Waals surface area contributed by atoms with Gasteiger partial charge in [0, 0.05) is 32.9 Å². The van der Waals surface area contributed by atoms with Crippen LogP contribution in [-0.4, -0.2) is 0 Å². The van der Waals surface area contributed by atoms with Crippen molar-refractivity contribution in [2.24, 2.45) is 0 Å². The van der Waals surface area contributed by atoms with E-state index in [2.05, 4.69) is 241 Å². The van der Waals surface area contributed by atoms with Gasteiger partial charge in [0.05, 0.1) is 11.1 Å². The molecule has 0 radical (unpaired) electrons. The van der Waals surface area contributed by atoms with Crippen molar-refractivity contribution >= 4 is 49.8 Å². The highest BCUT2D eigenvalue weighted by Crippen LogP contribution is 2.57. The second-order valence-electron chi connectivity index (χ2n) is 16.0. The fraction of sp³-hybridized carbons (Fsp3) is 0.0169. The van der Waals surface area contributed by atoms with E-state index in [1.54, 1.807) is 0 Å². The van der Waals surface area contributed by atoms with Crippen LogP contribution in [0.3, 0.4) is 0 Å². The molecule has 2 nitrogen and oxygen atoms in total. The number of benzene rings is 10.